The average Bonchev–Trinajstić information content (AvgIpc) is 2.22. The third kappa shape index (κ3) is 2.93. The molecule has 0 spiro atoms. The zero-order chi connectivity index (χ0) is 12.6. The van der Waals surface area contributed by atoms with Crippen molar-refractivity contribution in [2.75, 3.05) is 20.6 Å². The summed E-state index contributed by atoms with van der Waals surface area (Å²) in [7, 11) is 4.06. The van der Waals surface area contributed by atoms with Gasteiger partial charge in [0.15, 0.2) is 5.78 Å². The van der Waals surface area contributed by atoms with Gasteiger partial charge in [0, 0.05) is 18.0 Å². The van der Waals surface area contributed by atoms with Crippen LogP contribution < -0.4 is 0 Å². The molecule has 2 nitrogen and oxygen atoms in total. The number of carbonyl (C=O) groups excluding carboxylic acids is 1. The molecule has 0 amide bonds. The molecule has 2 rings (SSSR count). The van der Waals surface area contributed by atoms with Gasteiger partial charge in [-0.2, -0.15) is 0 Å². The van der Waals surface area contributed by atoms with E-state index in [4.69, 9.17) is 0 Å². The first-order valence-electron chi connectivity index (χ1n) is 6.28. The SMILES string of the molecule is Cc1cc(C)c2c(c1)C(=O)C(CN(C)C)CC2.Cl. The van der Waals surface area contributed by atoms with Gasteiger partial charge in [0.2, 0.25) is 0 Å². The van der Waals surface area contributed by atoms with E-state index in [2.05, 4.69) is 30.9 Å². The number of Topliss-reactive ketones (excluding diaryl/α,β-unsaturated/α-hetero) is 1. The first-order chi connectivity index (χ1) is 7.99. The predicted molar refractivity (Wildman–Crippen MR) is 77.9 cm³/mol. The minimum atomic E-state index is 0. The summed E-state index contributed by atoms with van der Waals surface area (Å²) < 4.78 is 0. The lowest BCUT2D eigenvalue weighted by Gasteiger charge is -2.27. The summed E-state index contributed by atoms with van der Waals surface area (Å²) in [6.45, 7) is 5.05. The lowest BCUT2D eigenvalue weighted by Crippen LogP contribution is -2.32. The average molecular weight is 268 g/mol. The van der Waals surface area contributed by atoms with Crippen molar-refractivity contribution in [2.45, 2.75) is 26.7 Å². The molecule has 0 saturated heterocycles. The fourth-order valence-electron chi connectivity index (χ4n) is 2.83. The van der Waals surface area contributed by atoms with E-state index in [1.807, 2.05) is 14.1 Å². The maximum absolute atomic E-state index is 12.4. The molecule has 18 heavy (non-hydrogen) atoms. The van der Waals surface area contributed by atoms with E-state index in [0.29, 0.717) is 5.78 Å². The maximum Gasteiger partial charge on any atom is 0.167 e. The number of aryl methyl sites for hydroxylation is 2. The number of ketones is 1. The summed E-state index contributed by atoms with van der Waals surface area (Å²) in [5.41, 5.74) is 4.72. The smallest absolute Gasteiger partial charge is 0.167 e. The minimum Gasteiger partial charge on any atom is -0.309 e. The Morgan fingerprint density at radius 1 is 1.28 bits per heavy atom. The van der Waals surface area contributed by atoms with E-state index in [1.54, 1.807) is 0 Å². The van der Waals surface area contributed by atoms with Crippen molar-refractivity contribution in [3.8, 4) is 0 Å². The summed E-state index contributed by atoms with van der Waals surface area (Å²) in [4.78, 5) is 14.5. The van der Waals surface area contributed by atoms with E-state index in [0.717, 1.165) is 24.9 Å². The number of halogens is 1. The number of benzene rings is 1. The molecule has 0 aromatic heterocycles. The Labute approximate surface area is 116 Å². The van der Waals surface area contributed by atoms with Crippen LogP contribution in [0.15, 0.2) is 12.1 Å². The van der Waals surface area contributed by atoms with Gasteiger partial charge >= 0.3 is 0 Å². The fraction of sp³-hybridized carbons (Fsp3) is 0.533. The molecule has 0 N–H and O–H groups in total. The van der Waals surface area contributed by atoms with Gasteiger partial charge in [0.05, 0.1) is 0 Å². The fourth-order valence-corrected chi connectivity index (χ4v) is 2.83. The highest BCUT2D eigenvalue weighted by atomic mass is 35.5. The van der Waals surface area contributed by atoms with Crippen LogP contribution in [0.5, 0.6) is 0 Å². The molecular weight excluding hydrogens is 246 g/mol. The first-order valence-corrected chi connectivity index (χ1v) is 6.28. The topological polar surface area (TPSA) is 20.3 Å². The third-order valence-electron chi connectivity index (χ3n) is 3.58. The maximum atomic E-state index is 12.4. The van der Waals surface area contributed by atoms with Crippen LogP contribution in [0.25, 0.3) is 0 Å². The Bertz CT molecular complexity index is 454. The number of fused-ring (bicyclic) bond motifs is 1. The van der Waals surface area contributed by atoms with Crippen LogP contribution in [0.2, 0.25) is 0 Å². The van der Waals surface area contributed by atoms with Gasteiger partial charge in [0.25, 0.3) is 0 Å². The molecule has 100 valence electrons. The second-order valence-electron chi connectivity index (χ2n) is 5.47. The highest BCUT2D eigenvalue weighted by molar-refractivity contribution is 6.00. The largest absolute Gasteiger partial charge is 0.309 e. The molecule has 1 aliphatic rings. The minimum absolute atomic E-state index is 0. The quantitative estimate of drug-likeness (QED) is 0.821. The van der Waals surface area contributed by atoms with E-state index in [9.17, 15) is 4.79 Å². The van der Waals surface area contributed by atoms with Crippen LogP contribution in [0.4, 0.5) is 0 Å². The first kappa shape index (κ1) is 15.2. The molecule has 0 saturated carbocycles. The van der Waals surface area contributed by atoms with Gasteiger partial charge in [-0.25, -0.2) is 0 Å². The van der Waals surface area contributed by atoms with Gasteiger partial charge in [-0.15, -0.1) is 12.4 Å². The Kier molecular flexibility index (Phi) is 4.94. The van der Waals surface area contributed by atoms with Gasteiger partial charge in [0.1, 0.15) is 0 Å². The molecule has 1 aliphatic carbocycles. The molecule has 1 aromatic carbocycles. The van der Waals surface area contributed by atoms with Crippen molar-refractivity contribution in [3.63, 3.8) is 0 Å². The highest BCUT2D eigenvalue weighted by Crippen LogP contribution is 2.29. The number of hydrogen-bond acceptors (Lipinski definition) is 2. The summed E-state index contributed by atoms with van der Waals surface area (Å²) in [6, 6.07) is 4.24. The lowest BCUT2D eigenvalue weighted by atomic mass is 9.80. The number of carbonyl (C=O) groups is 1. The summed E-state index contributed by atoms with van der Waals surface area (Å²) in [5.74, 6) is 0.519. The van der Waals surface area contributed by atoms with E-state index in [-0.39, 0.29) is 18.3 Å². The van der Waals surface area contributed by atoms with Crippen LogP contribution >= 0.6 is 12.4 Å². The zero-order valence-corrected chi connectivity index (χ0v) is 12.4. The molecule has 0 aliphatic heterocycles. The van der Waals surface area contributed by atoms with Crippen molar-refractivity contribution in [2.24, 2.45) is 5.92 Å². The molecule has 0 heterocycles. The van der Waals surface area contributed by atoms with Crippen molar-refractivity contribution in [3.05, 3.63) is 34.4 Å². The second-order valence-corrected chi connectivity index (χ2v) is 5.47. The van der Waals surface area contributed by atoms with Crippen molar-refractivity contribution in [1.82, 2.24) is 4.90 Å². The predicted octanol–water partition coefficient (Wildman–Crippen LogP) is 3.03. The van der Waals surface area contributed by atoms with E-state index >= 15 is 0 Å². The van der Waals surface area contributed by atoms with Gasteiger partial charge in [-0.1, -0.05) is 11.6 Å². The molecular formula is C15H22ClNO. The molecule has 1 aromatic rings. The molecule has 3 heteroatoms. The molecule has 0 bridgehead atoms. The van der Waals surface area contributed by atoms with Crippen LogP contribution in [0.3, 0.4) is 0 Å². The van der Waals surface area contributed by atoms with E-state index < -0.39 is 0 Å². The number of hydrogen-bond donors (Lipinski definition) is 0. The van der Waals surface area contributed by atoms with Gasteiger partial charge in [-0.3, -0.25) is 4.79 Å². The van der Waals surface area contributed by atoms with Crippen molar-refractivity contribution >= 4 is 18.2 Å². The lowest BCUT2D eigenvalue weighted by molar-refractivity contribution is 0.0877. The number of rotatable bonds is 2. The second kappa shape index (κ2) is 5.85. The van der Waals surface area contributed by atoms with Gasteiger partial charge in [-0.05, 0) is 58.0 Å². The third-order valence-corrected chi connectivity index (χ3v) is 3.58. The van der Waals surface area contributed by atoms with Crippen LogP contribution in [0.1, 0.15) is 33.5 Å². The van der Waals surface area contributed by atoms with Crippen LogP contribution in [0, 0.1) is 19.8 Å². The van der Waals surface area contributed by atoms with Crippen molar-refractivity contribution < 1.29 is 4.79 Å². The molecule has 0 fully saturated rings. The highest BCUT2D eigenvalue weighted by Gasteiger charge is 2.28. The standard InChI is InChI=1S/C15H21NO.ClH/c1-10-7-11(2)13-6-5-12(9-16(3)4)15(17)14(13)8-10;/h7-8,12H,5-6,9H2,1-4H3;1H. The van der Waals surface area contributed by atoms with Crippen molar-refractivity contribution in [1.29, 1.82) is 0 Å². The Hall–Kier alpha value is -0.860. The summed E-state index contributed by atoms with van der Waals surface area (Å²) in [5, 5.41) is 0. The molecule has 1 unspecified atom stereocenters. The summed E-state index contributed by atoms with van der Waals surface area (Å²) >= 11 is 0. The van der Waals surface area contributed by atoms with E-state index in [1.165, 1.54) is 16.7 Å². The molecule has 1 atom stereocenters. The zero-order valence-electron chi connectivity index (χ0n) is 11.6. The molecule has 0 radical (unpaired) electrons. The number of nitrogens with zero attached hydrogens (tertiary/aromatic N) is 1. The Morgan fingerprint density at radius 2 is 1.94 bits per heavy atom. The summed E-state index contributed by atoms with van der Waals surface area (Å²) in [6.07, 6.45) is 2.04. The Balaban J connectivity index is 0.00000162. The van der Waals surface area contributed by atoms with Gasteiger partial charge < -0.3 is 4.90 Å². The normalized spacial score (nSPS) is 18.5. The van der Waals surface area contributed by atoms with Crippen LogP contribution in [-0.2, 0) is 6.42 Å². The monoisotopic (exact) mass is 267 g/mol. The van der Waals surface area contributed by atoms with Crippen LogP contribution in [-0.4, -0.2) is 31.3 Å². The Morgan fingerprint density at radius 3 is 2.56 bits per heavy atom.